The van der Waals surface area contributed by atoms with Crippen LogP contribution in [0.4, 0.5) is 13.2 Å². The van der Waals surface area contributed by atoms with Gasteiger partial charge >= 0.3 is 6.18 Å². The molecule has 2 atom stereocenters. The van der Waals surface area contributed by atoms with Gasteiger partial charge in [-0.15, -0.1) is 0 Å². The van der Waals surface area contributed by atoms with Crippen LogP contribution in [0.25, 0.3) is 0 Å². The summed E-state index contributed by atoms with van der Waals surface area (Å²) in [6.45, 7) is 4.58. The average molecular weight is 341 g/mol. The van der Waals surface area contributed by atoms with Crippen molar-refractivity contribution in [1.82, 2.24) is 14.8 Å². The Bertz CT molecular complexity index is 743. The van der Waals surface area contributed by atoms with Crippen LogP contribution in [0.5, 0.6) is 17.6 Å². The third-order valence-electron chi connectivity index (χ3n) is 3.98. The van der Waals surface area contributed by atoms with Gasteiger partial charge in [0.15, 0.2) is 5.69 Å². The highest BCUT2D eigenvalue weighted by atomic mass is 19.4. The van der Waals surface area contributed by atoms with E-state index in [9.17, 15) is 13.2 Å². The maximum absolute atomic E-state index is 12.7. The van der Waals surface area contributed by atoms with Crippen molar-refractivity contribution in [2.75, 3.05) is 6.61 Å². The smallest absolute Gasteiger partial charge is 0.435 e. The molecule has 0 spiro atoms. The number of nitrogens with zero attached hydrogens (tertiary/aromatic N) is 3. The lowest BCUT2D eigenvalue weighted by Crippen LogP contribution is -2.06. The Hall–Kier alpha value is -2.25. The number of alkyl halides is 3. The van der Waals surface area contributed by atoms with Crippen molar-refractivity contribution >= 4 is 0 Å². The largest absolute Gasteiger partial charge is 0.477 e. The molecular formula is C16H18F3N3O2. The Morgan fingerprint density at radius 3 is 2.50 bits per heavy atom. The first-order valence-electron chi connectivity index (χ1n) is 7.63. The van der Waals surface area contributed by atoms with Crippen LogP contribution in [0.3, 0.4) is 0 Å². The van der Waals surface area contributed by atoms with Gasteiger partial charge in [-0.2, -0.15) is 23.3 Å². The fourth-order valence-corrected chi connectivity index (χ4v) is 2.35. The van der Waals surface area contributed by atoms with Crippen LogP contribution in [-0.2, 0) is 13.2 Å². The third-order valence-corrected chi connectivity index (χ3v) is 3.98. The number of hydrogen-bond acceptors (Lipinski definition) is 4. The van der Waals surface area contributed by atoms with Gasteiger partial charge in [-0.25, -0.2) is 4.68 Å². The quantitative estimate of drug-likeness (QED) is 0.826. The van der Waals surface area contributed by atoms with Crippen molar-refractivity contribution in [3.8, 4) is 17.6 Å². The van der Waals surface area contributed by atoms with Gasteiger partial charge in [0.1, 0.15) is 0 Å². The fraction of sp³-hybridized carbons (Fsp3) is 0.500. The van der Waals surface area contributed by atoms with Gasteiger partial charge < -0.3 is 9.47 Å². The molecule has 5 nitrogen and oxygen atoms in total. The lowest BCUT2D eigenvalue weighted by atomic mass is 10.3. The highest BCUT2D eigenvalue weighted by Crippen LogP contribution is 2.38. The lowest BCUT2D eigenvalue weighted by Gasteiger charge is -2.09. The first kappa shape index (κ1) is 16.6. The van der Waals surface area contributed by atoms with E-state index in [0.717, 1.165) is 22.7 Å². The molecule has 2 aromatic heterocycles. The van der Waals surface area contributed by atoms with E-state index in [1.807, 2.05) is 6.92 Å². The molecule has 0 bridgehead atoms. The number of hydrogen-bond donors (Lipinski definition) is 0. The molecule has 2 aromatic rings. The van der Waals surface area contributed by atoms with Gasteiger partial charge in [0.2, 0.25) is 17.6 Å². The van der Waals surface area contributed by atoms with E-state index in [0.29, 0.717) is 24.3 Å². The van der Waals surface area contributed by atoms with Crippen LogP contribution in [-0.4, -0.2) is 21.4 Å². The molecule has 0 radical (unpaired) electrons. The molecule has 2 heterocycles. The van der Waals surface area contributed by atoms with Crippen molar-refractivity contribution in [2.24, 2.45) is 18.9 Å². The Morgan fingerprint density at radius 1 is 1.25 bits per heavy atom. The van der Waals surface area contributed by atoms with E-state index >= 15 is 0 Å². The number of rotatable bonds is 5. The fourth-order valence-electron chi connectivity index (χ4n) is 2.35. The van der Waals surface area contributed by atoms with Crippen molar-refractivity contribution in [3.05, 3.63) is 29.5 Å². The maximum Gasteiger partial charge on any atom is 0.435 e. The Labute approximate surface area is 137 Å². The molecule has 1 fully saturated rings. The molecule has 130 valence electrons. The standard InChI is InChI=1S/C16H18F3N3O2/c1-9-4-13(23-8-11-6-10(11)2)20-14(5-9)24-15-7-12(16(17,18)19)21-22(15)3/h4-5,7,10-11H,6,8H2,1-3H3. The molecular weight excluding hydrogens is 323 g/mol. The van der Waals surface area contributed by atoms with E-state index in [4.69, 9.17) is 9.47 Å². The molecule has 1 aliphatic rings. The molecule has 0 N–H and O–H groups in total. The lowest BCUT2D eigenvalue weighted by molar-refractivity contribution is -0.141. The van der Waals surface area contributed by atoms with Crippen LogP contribution in [0.1, 0.15) is 24.6 Å². The van der Waals surface area contributed by atoms with Gasteiger partial charge in [0, 0.05) is 25.2 Å². The van der Waals surface area contributed by atoms with Crippen LogP contribution in [0.15, 0.2) is 18.2 Å². The van der Waals surface area contributed by atoms with Crippen molar-refractivity contribution in [2.45, 2.75) is 26.4 Å². The minimum absolute atomic E-state index is 0.0396. The maximum atomic E-state index is 12.7. The van der Waals surface area contributed by atoms with Gasteiger partial charge in [-0.3, -0.25) is 0 Å². The summed E-state index contributed by atoms with van der Waals surface area (Å²) in [4.78, 5) is 4.20. The molecule has 24 heavy (non-hydrogen) atoms. The zero-order chi connectivity index (χ0) is 17.5. The predicted molar refractivity (Wildman–Crippen MR) is 80.0 cm³/mol. The third kappa shape index (κ3) is 3.80. The van der Waals surface area contributed by atoms with Gasteiger partial charge in [0.05, 0.1) is 6.61 Å². The molecule has 2 unspecified atom stereocenters. The first-order valence-corrected chi connectivity index (χ1v) is 7.63. The normalized spacial score (nSPS) is 20.1. The van der Waals surface area contributed by atoms with E-state index in [2.05, 4.69) is 17.0 Å². The van der Waals surface area contributed by atoms with E-state index in [-0.39, 0.29) is 11.8 Å². The van der Waals surface area contributed by atoms with E-state index in [1.165, 1.54) is 7.05 Å². The Kier molecular flexibility index (Phi) is 4.15. The molecule has 0 saturated heterocycles. The van der Waals surface area contributed by atoms with Crippen molar-refractivity contribution in [3.63, 3.8) is 0 Å². The van der Waals surface area contributed by atoms with E-state index in [1.54, 1.807) is 12.1 Å². The van der Waals surface area contributed by atoms with E-state index < -0.39 is 11.9 Å². The number of aromatic nitrogens is 3. The van der Waals surface area contributed by atoms with Gasteiger partial charge in [-0.05, 0) is 30.7 Å². The van der Waals surface area contributed by atoms with Crippen molar-refractivity contribution in [1.29, 1.82) is 0 Å². The summed E-state index contributed by atoms with van der Waals surface area (Å²) in [7, 11) is 1.38. The number of aryl methyl sites for hydroxylation is 2. The Balaban J connectivity index is 1.75. The summed E-state index contributed by atoms with van der Waals surface area (Å²) in [5, 5.41) is 3.41. The van der Waals surface area contributed by atoms with Crippen LogP contribution >= 0.6 is 0 Å². The average Bonchev–Trinajstić information content (AvgIpc) is 3.05. The second-order valence-corrected chi connectivity index (χ2v) is 6.20. The predicted octanol–water partition coefficient (Wildman–Crippen LogP) is 3.97. The summed E-state index contributed by atoms with van der Waals surface area (Å²) < 4.78 is 50.2. The molecule has 1 saturated carbocycles. The van der Waals surface area contributed by atoms with Crippen LogP contribution < -0.4 is 9.47 Å². The molecule has 0 aliphatic heterocycles. The monoisotopic (exact) mass is 341 g/mol. The summed E-state index contributed by atoms with van der Waals surface area (Å²) in [6, 6.07) is 4.24. The molecule has 0 amide bonds. The summed E-state index contributed by atoms with van der Waals surface area (Å²) in [5.41, 5.74) is -0.163. The topological polar surface area (TPSA) is 49.2 Å². The number of ether oxygens (including phenoxy) is 2. The highest BCUT2D eigenvalue weighted by Gasteiger charge is 2.35. The minimum atomic E-state index is -4.52. The van der Waals surface area contributed by atoms with Gasteiger partial charge in [-0.1, -0.05) is 6.92 Å². The minimum Gasteiger partial charge on any atom is -0.477 e. The molecule has 0 aromatic carbocycles. The number of halogens is 3. The molecule has 1 aliphatic carbocycles. The SMILES string of the molecule is Cc1cc(OCC2CC2C)nc(Oc2cc(C(F)(F)F)nn2C)c1. The Morgan fingerprint density at radius 2 is 1.92 bits per heavy atom. The van der Waals surface area contributed by atoms with Gasteiger partial charge in [0.25, 0.3) is 0 Å². The zero-order valence-electron chi connectivity index (χ0n) is 13.6. The van der Waals surface area contributed by atoms with Crippen molar-refractivity contribution < 1.29 is 22.6 Å². The highest BCUT2D eigenvalue weighted by molar-refractivity contribution is 5.30. The zero-order valence-corrected chi connectivity index (χ0v) is 13.6. The summed E-state index contributed by atoms with van der Waals surface area (Å²) in [6.07, 6.45) is -3.38. The summed E-state index contributed by atoms with van der Waals surface area (Å²) in [5.74, 6) is 1.75. The second-order valence-electron chi connectivity index (χ2n) is 6.20. The molecule has 8 heteroatoms. The molecule has 3 rings (SSSR count). The van der Waals surface area contributed by atoms with Crippen LogP contribution in [0, 0.1) is 18.8 Å². The number of pyridine rings is 1. The summed E-state index contributed by atoms with van der Waals surface area (Å²) >= 11 is 0. The second kappa shape index (κ2) is 5.99. The van der Waals surface area contributed by atoms with Crippen LogP contribution in [0.2, 0.25) is 0 Å². The first-order chi connectivity index (χ1) is 11.2.